The predicted molar refractivity (Wildman–Crippen MR) is 75.2 cm³/mol. The van der Waals surface area contributed by atoms with Crippen molar-refractivity contribution in [1.82, 2.24) is 0 Å². The van der Waals surface area contributed by atoms with Gasteiger partial charge in [-0.1, -0.05) is 6.07 Å². The fourth-order valence-corrected chi connectivity index (χ4v) is 1.97. The molecule has 0 spiro atoms. The Labute approximate surface area is 116 Å². The summed E-state index contributed by atoms with van der Waals surface area (Å²) in [6.45, 7) is 2.79. The van der Waals surface area contributed by atoms with E-state index in [-0.39, 0.29) is 28.6 Å². The molecule has 0 saturated carbocycles. The standard InChI is InChI=1S/C16H14O4/c1-9(17)11-3-5-16(20)14(7-11)12-4-6-15(19)13(8-12)10(2)18/h3-8,19-20H,1-2H3. The maximum Gasteiger partial charge on any atom is 0.163 e. The van der Waals surface area contributed by atoms with Crippen molar-refractivity contribution in [1.29, 1.82) is 0 Å². The molecule has 0 bridgehead atoms. The van der Waals surface area contributed by atoms with Crippen LogP contribution in [0.2, 0.25) is 0 Å². The summed E-state index contributed by atoms with van der Waals surface area (Å²) in [7, 11) is 0. The Morgan fingerprint density at radius 3 is 2.10 bits per heavy atom. The topological polar surface area (TPSA) is 74.6 Å². The monoisotopic (exact) mass is 270 g/mol. The van der Waals surface area contributed by atoms with E-state index in [2.05, 4.69) is 0 Å². The molecule has 2 aromatic rings. The summed E-state index contributed by atoms with van der Waals surface area (Å²) < 4.78 is 0. The van der Waals surface area contributed by atoms with Gasteiger partial charge in [0.1, 0.15) is 11.5 Å². The van der Waals surface area contributed by atoms with E-state index < -0.39 is 0 Å². The van der Waals surface area contributed by atoms with Crippen LogP contribution in [0.15, 0.2) is 36.4 Å². The minimum atomic E-state index is -0.272. The van der Waals surface area contributed by atoms with E-state index in [1.165, 1.54) is 38.1 Å². The molecule has 0 saturated heterocycles. The fraction of sp³-hybridized carbons (Fsp3) is 0.125. The molecule has 0 fully saturated rings. The lowest BCUT2D eigenvalue weighted by Crippen LogP contribution is -1.95. The van der Waals surface area contributed by atoms with E-state index >= 15 is 0 Å². The fourth-order valence-electron chi connectivity index (χ4n) is 1.97. The van der Waals surface area contributed by atoms with Gasteiger partial charge in [-0.05, 0) is 49.7 Å². The summed E-state index contributed by atoms with van der Waals surface area (Å²) in [6.07, 6.45) is 0. The first-order chi connectivity index (χ1) is 9.40. The minimum absolute atomic E-state index is 0.00944. The SMILES string of the molecule is CC(=O)c1ccc(O)c(-c2ccc(O)c(C(C)=O)c2)c1. The molecular formula is C16H14O4. The van der Waals surface area contributed by atoms with Crippen LogP contribution in [0, 0.1) is 0 Å². The predicted octanol–water partition coefficient (Wildman–Crippen LogP) is 3.17. The number of phenols is 2. The van der Waals surface area contributed by atoms with Crippen LogP contribution in [-0.2, 0) is 0 Å². The van der Waals surface area contributed by atoms with Crippen LogP contribution in [0.3, 0.4) is 0 Å². The van der Waals surface area contributed by atoms with E-state index in [0.717, 1.165) is 0 Å². The van der Waals surface area contributed by atoms with Gasteiger partial charge in [0.2, 0.25) is 0 Å². The second kappa shape index (κ2) is 5.17. The quantitative estimate of drug-likeness (QED) is 0.840. The zero-order valence-corrected chi connectivity index (χ0v) is 11.2. The number of ketones is 2. The molecule has 0 unspecified atom stereocenters. The lowest BCUT2D eigenvalue weighted by atomic mass is 9.97. The molecule has 4 heteroatoms. The average Bonchev–Trinajstić information content (AvgIpc) is 2.39. The van der Waals surface area contributed by atoms with Gasteiger partial charge in [0.05, 0.1) is 5.56 Å². The normalized spacial score (nSPS) is 10.3. The minimum Gasteiger partial charge on any atom is -0.507 e. The van der Waals surface area contributed by atoms with Crippen LogP contribution in [0.5, 0.6) is 11.5 Å². The first-order valence-electron chi connectivity index (χ1n) is 6.08. The van der Waals surface area contributed by atoms with E-state index in [1.807, 2.05) is 0 Å². The van der Waals surface area contributed by atoms with Crippen molar-refractivity contribution in [3.8, 4) is 22.6 Å². The van der Waals surface area contributed by atoms with Crippen molar-refractivity contribution in [3.63, 3.8) is 0 Å². The number of carbonyl (C=O) groups excluding carboxylic acids is 2. The Balaban J connectivity index is 2.62. The lowest BCUT2D eigenvalue weighted by molar-refractivity contribution is 0.100. The van der Waals surface area contributed by atoms with Gasteiger partial charge in [-0.15, -0.1) is 0 Å². The Kier molecular flexibility index (Phi) is 3.57. The maximum atomic E-state index is 11.4. The second-order valence-electron chi connectivity index (χ2n) is 4.58. The number of hydrogen-bond acceptors (Lipinski definition) is 4. The van der Waals surface area contributed by atoms with E-state index in [0.29, 0.717) is 16.7 Å². The number of benzene rings is 2. The Hall–Kier alpha value is -2.62. The van der Waals surface area contributed by atoms with Crippen LogP contribution in [0.4, 0.5) is 0 Å². The molecule has 4 nitrogen and oxygen atoms in total. The van der Waals surface area contributed by atoms with Crippen molar-refractivity contribution in [2.45, 2.75) is 13.8 Å². The highest BCUT2D eigenvalue weighted by Crippen LogP contribution is 2.33. The van der Waals surface area contributed by atoms with Gasteiger partial charge in [-0.3, -0.25) is 9.59 Å². The van der Waals surface area contributed by atoms with Crippen molar-refractivity contribution in [3.05, 3.63) is 47.5 Å². The van der Waals surface area contributed by atoms with Crippen molar-refractivity contribution in [2.24, 2.45) is 0 Å². The third-order valence-electron chi connectivity index (χ3n) is 3.09. The van der Waals surface area contributed by atoms with Crippen LogP contribution < -0.4 is 0 Å². The van der Waals surface area contributed by atoms with Crippen LogP contribution in [0.25, 0.3) is 11.1 Å². The molecule has 102 valence electrons. The Bertz CT molecular complexity index is 702. The maximum absolute atomic E-state index is 11.4. The molecule has 0 amide bonds. The van der Waals surface area contributed by atoms with Gasteiger partial charge in [0, 0.05) is 11.1 Å². The smallest absolute Gasteiger partial charge is 0.163 e. The first-order valence-corrected chi connectivity index (χ1v) is 6.08. The van der Waals surface area contributed by atoms with Crippen LogP contribution >= 0.6 is 0 Å². The number of phenolic OH excluding ortho intramolecular Hbond substituents is 2. The molecule has 0 atom stereocenters. The summed E-state index contributed by atoms with van der Waals surface area (Å²) in [5.41, 5.74) is 1.65. The van der Waals surface area contributed by atoms with Gasteiger partial charge in [-0.2, -0.15) is 0 Å². The lowest BCUT2D eigenvalue weighted by Gasteiger charge is -2.09. The molecule has 0 aliphatic carbocycles. The second-order valence-corrected chi connectivity index (χ2v) is 4.58. The zero-order chi connectivity index (χ0) is 14.9. The first kappa shape index (κ1) is 13.8. The number of carbonyl (C=O) groups is 2. The van der Waals surface area contributed by atoms with Crippen molar-refractivity contribution in [2.75, 3.05) is 0 Å². The number of rotatable bonds is 3. The number of aromatic hydroxyl groups is 2. The van der Waals surface area contributed by atoms with Gasteiger partial charge in [-0.25, -0.2) is 0 Å². The summed E-state index contributed by atoms with van der Waals surface area (Å²) in [5, 5.41) is 19.5. The molecule has 0 aliphatic heterocycles. The Morgan fingerprint density at radius 1 is 0.850 bits per heavy atom. The molecule has 2 aromatic carbocycles. The van der Waals surface area contributed by atoms with Crippen molar-refractivity contribution >= 4 is 11.6 Å². The summed E-state index contributed by atoms with van der Waals surface area (Å²) in [4.78, 5) is 22.8. The highest BCUT2D eigenvalue weighted by atomic mass is 16.3. The molecule has 0 aromatic heterocycles. The summed E-state index contributed by atoms with van der Waals surface area (Å²) >= 11 is 0. The molecule has 20 heavy (non-hydrogen) atoms. The van der Waals surface area contributed by atoms with E-state index in [1.54, 1.807) is 12.1 Å². The van der Waals surface area contributed by atoms with Gasteiger partial charge < -0.3 is 10.2 Å². The number of hydrogen-bond donors (Lipinski definition) is 2. The molecule has 0 heterocycles. The molecule has 0 radical (unpaired) electrons. The largest absolute Gasteiger partial charge is 0.507 e. The molecule has 0 aliphatic rings. The van der Waals surface area contributed by atoms with Gasteiger partial charge in [0.25, 0.3) is 0 Å². The van der Waals surface area contributed by atoms with Crippen molar-refractivity contribution < 1.29 is 19.8 Å². The average molecular weight is 270 g/mol. The summed E-state index contributed by atoms with van der Waals surface area (Å²) in [5.74, 6) is -0.484. The van der Waals surface area contributed by atoms with Gasteiger partial charge in [0.15, 0.2) is 11.6 Å². The van der Waals surface area contributed by atoms with E-state index in [9.17, 15) is 19.8 Å². The Morgan fingerprint density at radius 2 is 1.50 bits per heavy atom. The van der Waals surface area contributed by atoms with E-state index in [4.69, 9.17) is 0 Å². The highest BCUT2D eigenvalue weighted by molar-refractivity contribution is 5.99. The third kappa shape index (κ3) is 2.54. The molecule has 2 rings (SSSR count). The van der Waals surface area contributed by atoms with Crippen LogP contribution in [0.1, 0.15) is 34.6 Å². The number of Topliss-reactive ketones (excluding diaryl/α,β-unsaturated/α-hetero) is 2. The zero-order valence-electron chi connectivity index (χ0n) is 11.2. The molecule has 2 N–H and O–H groups in total. The van der Waals surface area contributed by atoms with Crippen LogP contribution in [-0.4, -0.2) is 21.8 Å². The molecular weight excluding hydrogens is 256 g/mol. The third-order valence-corrected chi connectivity index (χ3v) is 3.09. The highest BCUT2D eigenvalue weighted by Gasteiger charge is 2.12. The van der Waals surface area contributed by atoms with Gasteiger partial charge >= 0.3 is 0 Å². The summed E-state index contributed by atoms with van der Waals surface area (Å²) in [6, 6.07) is 9.01.